The molecule has 26 heavy (non-hydrogen) atoms. The topological polar surface area (TPSA) is 82.1 Å². The molecule has 2 rings (SSSR count). The van der Waals surface area contributed by atoms with E-state index in [-0.39, 0.29) is 17.4 Å². The van der Waals surface area contributed by atoms with Gasteiger partial charge in [0, 0.05) is 19.2 Å². The van der Waals surface area contributed by atoms with E-state index in [9.17, 15) is 13.2 Å². The molecule has 0 saturated carbocycles. The molecule has 0 radical (unpaired) electrons. The molecule has 1 aliphatic rings. The van der Waals surface area contributed by atoms with E-state index < -0.39 is 15.9 Å². The van der Waals surface area contributed by atoms with Crippen LogP contribution in [0.15, 0.2) is 23.1 Å². The van der Waals surface area contributed by atoms with Gasteiger partial charge in [-0.05, 0) is 45.7 Å². The first kappa shape index (κ1) is 20.5. The van der Waals surface area contributed by atoms with Crippen LogP contribution < -0.4 is 9.47 Å². The van der Waals surface area contributed by atoms with E-state index in [1.807, 2.05) is 13.8 Å². The number of piperidine rings is 1. The maximum Gasteiger partial charge on any atom is 0.310 e. The van der Waals surface area contributed by atoms with Gasteiger partial charge in [0.15, 0.2) is 11.5 Å². The van der Waals surface area contributed by atoms with Crippen LogP contribution >= 0.6 is 0 Å². The van der Waals surface area contributed by atoms with Crippen LogP contribution in [-0.2, 0) is 19.6 Å². The highest BCUT2D eigenvalue weighted by molar-refractivity contribution is 7.89. The number of ether oxygens (including phenoxy) is 3. The zero-order chi connectivity index (χ0) is 19.2. The fourth-order valence-electron chi connectivity index (χ4n) is 2.95. The number of sulfonamides is 1. The quantitative estimate of drug-likeness (QED) is 0.639. The van der Waals surface area contributed by atoms with Crippen molar-refractivity contribution in [1.82, 2.24) is 4.31 Å². The molecule has 1 fully saturated rings. The average molecular weight is 385 g/mol. The molecule has 0 aliphatic carbocycles. The summed E-state index contributed by atoms with van der Waals surface area (Å²) in [7, 11) is -3.73. The molecule has 8 heteroatoms. The van der Waals surface area contributed by atoms with Gasteiger partial charge in [-0.25, -0.2) is 8.42 Å². The van der Waals surface area contributed by atoms with Gasteiger partial charge in [0.05, 0.1) is 30.6 Å². The molecular formula is C18H27NO6S. The Hall–Kier alpha value is -1.80. The van der Waals surface area contributed by atoms with Crippen LogP contribution in [0.5, 0.6) is 11.5 Å². The minimum atomic E-state index is -3.73. The highest BCUT2D eigenvalue weighted by Crippen LogP contribution is 2.32. The van der Waals surface area contributed by atoms with Gasteiger partial charge < -0.3 is 14.2 Å². The molecule has 146 valence electrons. The number of carbonyl (C=O) groups excluding carboxylic acids is 1. The summed E-state index contributed by atoms with van der Waals surface area (Å²) >= 11 is 0. The van der Waals surface area contributed by atoms with E-state index in [1.54, 1.807) is 13.0 Å². The van der Waals surface area contributed by atoms with E-state index in [2.05, 4.69) is 0 Å². The van der Waals surface area contributed by atoms with Gasteiger partial charge in [-0.3, -0.25) is 4.79 Å². The lowest BCUT2D eigenvalue weighted by molar-refractivity contribution is -0.149. The number of benzene rings is 1. The van der Waals surface area contributed by atoms with E-state index in [1.165, 1.54) is 16.4 Å². The van der Waals surface area contributed by atoms with Crippen LogP contribution in [-0.4, -0.2) is 51.6 Å². The summed E-state index contributed by atoms with van der Waals surface area (Å²) in [4.78, 5) is 12.1. The lowest BCUT2D eigenvalue weighted by Gasteiger charge is -2.30. The van der Waals surface area contributed by atoms with E-state index in [0.29, 0.717) is 50.7 Å². The molecule has 1 heterocycles. The van der Waals surface area contributed by atoms with Crippen molar-refractivity contribution in [2.45, 2.75) is 38.5 Å². The Morgan fingerprint density at radius 2 is 1.81 bits per heavy atom. The second kappa shape index (κ2) is 9.23. The van der Waals surface area contributed by atoms with Crippen LogP contribution in [0.1, 0.15) is 33.6 Å². The smallest absolute Gasteiger partial charge is 0.310 e. The van der Waals surface area contributed by atoms with Crippen molar-refractivity contribution in [2.75, 3.05) is 32.9 Å². The molecule has 0 unspecified atom stereocenters. The highest BCUT2D eigenvalue weighted by atomic mass is 32.2. The molecule has 1 aromatic rings. The lowest BCUT2D eigenvalue weighted by Crippen LogP contribution is -2.42. The minimum Gasteiger partial charge on any atom is -0.490 e. The van der Waals surface area contributed by atoms with Gasteiger partial charge >= 0.3 is 5.97 Å². The monoisotopic (exact) mass is 385 g/mol. The summed E-state index contributed by atoms with van der Waals surface area (Å²) in [6.07, 6.45) is 1.26. The van der Waals surface area contributed by atoms with Crippen LogP contribution in [0, 0.1) is 5.92 Å². The lowest BCUT2D eigenvalue weighted by atomic mass is 10.0. The molecule has 0 aromatic heterocycles. The Morgan fingerprint density at radius 1 is 1.12 bits per heavy atom. The number of hydrogen-bond donors (Lipinski definition) is 0. The Labute approximate surface area is 155 Å². The molecule has 0 spiro atoms. The van der Waals surface area contributed by atoms with Crippen LogP contribution in [0.4, 0.5) is 0 Å². The molecule has 1 saturated heterocycles. The Balaban J connectivity index is 2.25. The van der Waals surface area contributed by atoms with Gasteiger partial charge in [0.2, 0.25) is 10.0 Å². The molecule has 0 bridgehead atoms. The second-order valence-electron chi connectivity index (χ2n) is 5.93. The maximum absolute atomic E-state index is 13.0. The van der Waals surface area contributed by atoms with E-state index in [4.69, 9.17) is 14.2 Å². The second-order valence-corrected chi connectivity index (χ2v) is 7.87. The molecule has 1 aliphatic heterocycles. The number of nitrogens with zero attached hydrogens (tertiary/aromatic N) is 1. The van der Waals surface area contributed by atoms with Gasteiger partial charge in [-0.15, -0.1) is 0 Å². The van der Waals surface area contributed by atoms with Crippen molar-refractivity contribution < 1.29 is 27.4 Å². The number of carbonyl (C=O) groups is 1. The summed E-state index contributed by atoms with van der Waals surface area (Å²) in [6.45, 7) is 7.09. The maximum atomic E-state index is 13.0. The SMILES string of the molecule is CCOC(=O)[C@H]1CCCN(S(=O)(=O)c2ccc(OCC)c(OCC)c2)C1. The number of hydrogen-bond acceptors (Lipinski definition) is 6. The Bertz CT molecular complexity index is 718. The van der Waals surface area contributed by atoms with E-state index in [0.717, 1.165) is 0 Å². The van der Waals surface area contributed by atoms with Crippen LogP contribution in [0.2, 0.25) is 0 Å². The Kier molecular flexibility index (Phi) is 7.28. The minimum absolute atomic E-state index is 0.133. The van der Waals surface area contributed by atoms with E-state index >= 15 is 0 Å². The Morgan fingerprint density at radius 3 is 2.46 bits per heavy atom. The van der Waals surface area contributed by atoms with Gasteiger partial charge in [0.25, 0.3) is 0 Å². The molecule has 0 amide bonds. The third-order valence-corrected chi connectivity index (χ3v) is 6.02. The third-order valence-electron chi connectivity index (χ3n) is 4.16. The summed E-state index contributed by atoms with van der Waals surface area (Å²) in [5.74, 6) is 0.146. The molecule has 1 atom stereocenters. The zero-order valence-electron chi connectivity index (χ0n) is 15.6. The van der Waals surface area contributed by atoms with Crippen molar-refractivity contribution in [3.63, 3.8) is 0 Å². The van der Waals surface area contributed by atoms with Gasteiger partial charge in [0.1, 0.15) is 0 Å². The molecule has 7 nitrogen and oxygen atoms in total. The van der Waals surface area contributed by atoms with Crippen LogP contribution in [0.25, 0.3) is 0 Å². The summed E-state index contributed by atoms with van der Waals surface area (Å²) in [5.41, 5.74) is 0. The van der Waals surface area contributed by atoms with Crippen molar-refractivity contribution in [3.05, 3.63) is 18.2 Å². The zero-order valence-corrected chi connectivity index (χ0v) is 16.4. The first-order valence-electron chi connectivity index (χ1n) is 9.00. The predicted molar refractivity (Wildman–Crippen MR) is 96.9 cm³/mol. The van der Waals surface area contributed by atoms with Crippen molar-refractivity contribution in [1.29, 1.82) is 0 Å². The normalized spacial score (nSPS) is 18.3. The van der Waals surface area contributed by atoms with Crippen LogP contribution in [0.3, 0.4) is 0 Å². The summed E-state index contributed by atoms with van der Waals surface area (Å²) in [6, 6.07) is 4.60. The fourth-order valence-corrected chi connectivity index (χ4v) is 4.49. The number of esters is 1. The van der Waals surface area contributed by atoms with Crippen molar-refractivity contribution in [3.8, 4) is 11.5 Å². The highest BCUT2D eigenvalue weighted by Gasteiger charge is 2.34. The largest absolute Gasteiger partial charge is 0.490 e. The van der Waals surface area contributed by atoms with Crippen molar-refractivity contribution >= 4 is 16.0 Å². The fraction of sp³-hybridized carbons (Fsp3) is 0.611. The van der Waals surface area contributed by atoms with Crippen molar-refractivity contribution in [2.24, 2.45) is 5.92 Å². The summed E-state index contributed by atoms with van der Waals surface area (Å²) < 4.78 is 43.4. The molecule has 1 aromatic carbocycles. The molecule has 0 N–H and O–H groups in total. The first-order valence-corrected chi connectivity index (χ1v) is 10.4. The number of rotatable bonds is 8. The van der Waals surface area contributed by atoms with Gasteiger partial charge in [-0.1, -0.05) is 0 Å². The average Bonchev–Trinajstić information content (AvgIpc) is 2.64. The standard InChI is InChI=1S/C18H27NO6S/c1-4-23-16-10-9-15(12-17(16)24-5-2)26(21,22)19-11-7-8-14(13-19)18(20)25-6-3/h9-10,12,14H,4-8,11,13H2,1-3H3/t14-/m0/s1. The first-order chi connectivity index (χ1) is 12.4. The molecular weight excluding hydrogens is 358 g/mol. The predicted octanol–water partition coefficient (Wildman–Crippen LogP) is 2.45. The summed E-state index contributed by atoms with van der Waals surface area (Å²) in [5, 5.41) is 0. The van der Waals surface area contributed by atoms with Gasteiger partial charge in [-0.2, -0.15) is 4.31 Å². The third kappa shape index (κ3) is 4.67.